The summed E-state index contributed by atoms with van der Waals surface area (Å²) in [7, 11) is 4.09. The van der Waals surface area contributed by atoms with Gasteiger partial charge in [-0.15, -0.1) is 0 Å². The summed E-state index contributed by atoms with van der Waals surface area (Å²) in [5.41, 5.74) is 0. The van der Waals surface area contributed by atoms with E-state index in [0.29, 0.717) is 19.8 Å². The number of rotatable bonds is 10. The summed E-state index contributed by atoms with van der Waals surface area (Å²) in [5, 5.41) is 0. The first-order chi connectivity index (χ1) is 7.20. The Morgan fingerprint density at radius 2 is 1.73 bits per heavy atom. The second-order valence-electron chi connectivity index (χ2n) is 3.54. The van der Waals surface area contributed by atoms with E-state index in [0.717, 1.165) is 19.6 Å². The minimum atomic E-state index is -0.0992. The normalized spacial score (nSPS) is 13.4. The van der Waals surface area contributed by atoms with Crippen LogP contribution in [0.2, 0.25) is 0 Å². The molecule has 0 N–H and O–H groups in total. The summed E-state index contributed by atoms with van der Waals surface area (Å²) >= 11 is 0. The maximum atomic E-state index is 5.56. The first kappa shape index (κ1) is 14.8. The third-order valence-corrected chi connectivity index (χ3v) is 1.90. The van der Waals surface area contributed by atoms with Crippen LogP contribution in [0.3, 0.4) is 0 Å². The third kappa shape index (κ3) is 10.1. The molecule has 1 unspecified atom stereocenters. The molecule has 0 heterocycles. The molecule has 0 saturated carbocycles. The van der Waals surface area contributed by atoms with Crippen molar-refractivity contribution in [3.05, 3.63) is 0 Å². The van der Waals surface area contributed by atoms with E-state index in [1.54, 1.807) is 0 Å². The van der Waals surface area contributed by atoms with Crippen LogP contribution in [0, 0.1) is 0 Å². The van der Waals surface area contributed by atoms with Crippen molar-refractivity contribution in [3.63, 3.8) is 0 Å². The molecule has 0 aliphatic rings. The van der Waals surface area contributed by atoms with Gasteiger partial charge in [0.15, 0.2) is 6.29 Å². The van der Waals surface area contributed by atoms with Crippen LogP contribution in [-0.2, 0) is 14.2 Å². The van der Waals surface area contributed by atoms with Gasteiger partial charge in [-0.25, -0.2) is 0 Å². The fraction of sp³-hybridized carbons (Fsp3) is 1.00. The van der Waals surface area contributed by atoms with Gasteiger partial charge >= 0.3 is 0 Å². The zero-order chi connectivity index (χ0) is 11.5. The zero-order valence-electron chi connectivity index (χ0n) is 10.5. The van der Waals surface area contributed by atoms with Gasteiger partial charge in [0, 0.05) is 26.2 Å². The van der Waals surface area contributed by atoms with E-state index >= 15 is 0 Å². The van der Waals surface area contributed by atoms with Gasteiger partial charge in [0.25, 0.3) is 0 Å². The molecule has 92 valence electrons. The fourth-order valence-corrected chi connectivity index (χ4v) is 1.15. The van der Waals surface area contributed by atoms with Crippen LogP contribution in [0.25, 0.3) is 0 Å². The van der Waals surface area contributed by atoms with Crippen molar-refractivity contribution in [2.24, 2.45) is 0 Å². The van der Waals surface area contributed by atoms with Crippen LogP contribution in [0.15, 0.2) is 0 Å². The van der Waals surface area contributed by atoms with Crippen LogP contribution < -0.4 is 0 Å². The van der Waals surface area contributed by atoms with Crippen molar-refractivity contribution in [1.29, 1.82) is 0 Å². The molecule has 0 saturated heterocycles. The van der Waals surface area contributed by atoms with E-state index in [2.05, 4.69) is 4.90 Å². The Bertz CT molecular complexity index is 131. The SMILES string of the molecule is CCOCCOC(CCN(C)C)OCC. The molecule has 0 fully saturated rings. The molecule has 0 spiro atoms. The van der Waals surface area contributed by atoms with E-state index in [1.807, 2.05) is 27.9 Å². The Morgan fingerprint density at radius 3 is 2.27 bits per heavy atom. The number of hydrogen-bond donors (Lipinski definition) is 0. The lowest BCUT2D eigenvalue weighted by Crippen LogP contribution is -2.25. The van der Waals surface area contributed by atoms with Gasteiger partial charge in [-0.05, 0) is 27.9 Å². The van der Waals surface area contributed by atoms with Gasteiger partial charge in [-0.2, -0.15) is 0 Å². The van der Waals surface area contributed by atoms with Gasteiger partial charge in [0.05, 0.1) is 13.2 Å². The van der Waals surface area contributed by atoms with Gasteiger partial charge < -0.3 is 19.1 Å². The van der Waals surface area contributed by atoms with E-state index in [9.17, 15) is 0 Å². The molecule has 0 rings (SSSR count). The molecule has 0 aromatic carbocycles. The van der Waals surface area contributed by atoms with Crippen molar-refractivity contribution in [2.75, 3.05) is 47.1 Å². The van der Waals surface area contributed by atoms with E-state index in [-0.39, 0.29) is 6.29 Å². The summed E-state index contributed by atoms with van der Waals surface area (Å²) in [6, 6.07) is 0. The summed E-state index contributed by atoms with van der Waals surface area (Å²) in [6.07, 6.45) is 0.797. The zero-order valence-corrected chi connectivity index (χ0v) is 10.5. The predicted octanol–water partition coefficient (Wildman–Crippen LogP) is 1.35. The lowest BCUT2D eigenvalue weighted by Gasteiger charge is -2.19. The van der Waals surface area contributed by atoms with Crippen LogP contribution in [0.5, 0.6) is 0 Å². The maximum Gasteiger partial charge on any atom is 0.158 e. The van der Waals surface area contributed by atoms with Crippen molar-refractivity contribution in [1.82, 2.24) is 4.90 Å². The van der Waals surface area contributed by atoms with E-state index in [1.165, 1.54) is 0 Å². The van der Waals surface area contributed by atoms with Gasteiger partial charge in [-0.1, -0.05) is 0 Å². The molecule has 0 amide bonds. The van der Waals surface area contributed by atoms with Crippen LogP contribution in [-0.4, -0.2) is 58.3 Å². The van der Waals surface area contributed by atoms with Crippen molar-refractivity contribution in [3.8, 4) is 0 Å². The topological polar surface area (TPSA) is 30.9 Å². The lowest BCUT2D eigenvalue weighted by atomic mass is 10.4. The van der Waals surface area contributed by atoms with Crippen molar-refractivity contribution < 1.29 is 14.2 Å². The Kier molecular flexibility index (Phi) is 10.3. The number of hydrogen-bond acceptors (Lipinski definition) is 4. The Labute approximate surface area is 93.5 Å². The summed E-state index contributed by atoms with van der Waals surface area (Å²) in [6.45, 7) is 7.60. The summed E-state index contributed by atoms with van der Waals surface area (Å²) < 4.78 is 16.2. The first-order valence-corrected chi connectivity index (χ1v) is 5.66. The van der Waals surface area contributed by atoms with Crippen LogP contribution in [0.1, 0.15) is 20.3 Å². The molecular weight excluding hydrogens is 194 g/mol. The standard InChI is InChI=1S/C11H25NO3/c1-5-13-9-10-15-11(14-6-2)7-8-12(3)4/h11H,5-10H2,1-4H3. The van der Waals surface area contributed by atoms with Crippen molar-refractivity contribution >= 4 is 0 Å². The van der Waals surface area contributed by atoms with Crippen LogP contribution >= 0.6 is 0 Å². The van der Waals surface area contributed by atoms with E-state index in [4.69, 9.17) is 14.2 Å². The average Bonchev–Trinajstić information content (AvgIpc) is 2.20. The minimum Gasteiger partial charge on any atom is -0.379 e. The Morgan fingerprint density at radius 1 is 1.00 bits per heavy atom. The highest BCUT2D eigenvalue weighted by molar-refractivity contribution is 4.50. The quantitative estimate of drug-likeness (QED) is 0.410. The second-order valence-corrected chi connectivity index (χ2v) is 3.54. The van der Waals surface area contributed by atoms with Gasteiger partial charge in [-0.3, -0.25) is 0 Å². The Hall–Kier alpha value is -0.160. The van der Waals surface area contributed by atoms with Crippen molar-refractivity contribution in [2.45, 2.75) is 26.6 Å². The molecule has 4 nitrogen and oxygen atoms in total. The molecular formula is C11H25NO3. The maximum absolute atomic E-state index is 5.56. The highest BCUT2D eigenvalue weighted by Crippen LogP contribution is 2.01. The molecule has 4 heteroatoms. The lowest BCUT2D eigenvalue weighted by molar-refractivity contribution is -0.151. The molecule has 15 heavy (non-hydrogen) atoms. The largest absolute Gasteiger partial charge is 0.379 e. The molecule has 0 radical (unpaired) electrons. The van der Waals surface area contributed by atoms with Gasteiger partial charge in [0.2, 0.25) is 0 Å². The number of nitrogens with zero attached hydrogens (tertiary/aromatic N) is 1. The van der Waals surface area contributed by atoms with Crippen LogP contribution in [0.4, 0.5) is 0 Å². The summed E-state index contributed by atoms with van der Waals surface area (Å²) in [4.78, 5) is 2.12. The highest BCUT2D eigenvalue weighted by atomic mass is 16.7. The molecule has 1 atom stereocenters. The molecule has 0 aliphatic carbocycles. The molecule has 0 aliphatic heterocycles. The average molecular weight is 219 g/mol. The predicted molar refractivity (Wildman–Crippen MR) is 61.0 cm³/mol. The van der Waals surface area contributed by atoms with Gasteiger partial charge in [0.1, 0.15) is 0 Å². The van der Waals surface area contributed by atoms with E-state index < -0.39 is 0 Å². The highest BCUT2D eigenvalue weighted by Gasteiger charge is 2.08. The minimum absolute atomic E-state index is 0.0992. The molecule has 0 aromatic rings. The second kappa shape index (κ2) is 10.4. The molecule has 0 aromatic heterocycles. The monoisotopic (exact) mass is 219 g/mol. The Balaban J connectivity index is 3.53. The smallest absolute Gasteiger partial charge is 0.158 e. The molecule has 0 bridgehead atoms. The third-order valence-electron chi connectivity index (χ3n) is 1.90. The first-order valence-electron chi connectivity index (χ1n) is 5.66. The fourth-order valence-electron chi connectivity index (χ4n) is 1.15. The number of ether oxygens (including phenoxy) is 3. The summed E-state index contributed by atoms with van der Waals surface area (Å²) in [5.74, 6) is 0.